The summed E-state index contributed by atoms with van der Waals surface area (Å²) in [6.07, 6.45) is 10.0. The van der Waals surface area contributed by atoms with Gasteiger partial charge >= 0.3 is 27.0 Å². The van der Waals surface area contributed by atoms with Crippen LogP contribution in [-0.4, -0.2) is 5.90 Å². The van der Waals surface area contributed by atoms with Crippen LogP contribution in [0.1, 0.15) is 6.42 Å². The molecule has 172 valence electrons. The summed E-state index contributed by atoms with van der Waals surface area (Å²) in [5, 5.41) is 5.83. The van der Waals surface area contributed by atoms with Crippen molar-refractivity contribution >= 4 is 46.8 Å². The van der Waals surface area contributed by atoms with Crippen LogP contribution in [0.2, 0.25) is 0 Å². The molecule has 0 nitrogen and oxygen atoms in total. The Hall–Kier alpha value is -1.87. The quantitative estimate of drug-likeness (QED) is 0.128. The summed E-state index contributed by atoms with van der Waals surface area (Å²) < 4.78 is 0. The third-order valence-electron chi connectivity index (χ3n) is 5.14. The Morgan fingerprint density at radius 3 is 1.09 bits per heavy atom. The van der Waals surface area contributed by atoms with E-state index in [0.29, 0.717) is 0 Å². The van der Waals surface area contributed by atoms with E-state index in [0.717, 1.165) is 6.42 Å². The maximum atomic E-state index is 4.57. The molecule has 34 heavy (non-hydrogen) atoms. The van der Waals surface area contributed by atoms with E-state index in [2.05, 4.69) is 143 Å². The van der Waals surface area contributed by atoms with Gasteiger partial charge in [-0.15, -0.1) is 6.42 Å². The Morgan fingerprint density at radius 1 is 0.559 bits per heavy atom. The van der Waals surface area contributed by atoms with Gasteiger partial charge in [-0.25, -0.2) is 12.2 Å². The van der Waals surface area contributed by atoms with E-state index >= 15 is 0 Å². The van der Waals surface area contributed by atoms with E-state index < -0.39 is 15.8 Å². The molecule has 0 bridgehead atoms. The van der Waals surface area contributed by atoms with Crippen LogP contribution in [-0.2, 0) is 17.3 Å². The van der Waals surface area contributed by atoms with E-state index in [1.165, 1.54) is 27.1 Å². The van der Waals surface area contributed by atoms with Crippen molar-refractivity contribution in [2.24, 2.45) is 0 Å². The maximum Gasteiger partial charge on any atom is 0.00405 e. The van der Waals surface area contributed by atoms with Gasteiger partial charge in [-0.05, 0) is 37.1 Å². The smallest absolute Gasteiger partial charge is 0.00405 e. The monoisotopic (exact) mass is 586 g/mol. The Bertz CT molecular complexity index is 948. The Balaban J connectivity index is 0.000000404. The second kappa shape index (κ2) is 15.9. The van der Waals surface area contributed by atoms with Crippen molar-refractivity contribution in [3.05, 3.63) is 146 Å². The average molecular weight is 586 g/mol. The summed E-state index contributed by atoms with van der Waals surface area (Å²) in [4.78, 5) is 0. The molecule has 0 radical (unpaired) electrons. The molecule has 0 spiro atoms. The van der Waals surface area contributed by atoms with Crippen LogP contribution in [0.5, 0.6) is 0 Å². The molecule has 0 unspecified atom stereocenters. The molecule has 5 rings (SSSR count). The zero-order chi connectivity index (χ0) is 23.8. The molecule has 0 saturated carbocycles. The molecular weight excluding hydrogens is 559 g/mol. The van der Waals surface area contributed by atoms with Gasteiger partial charge in [-0.3, -0.25) is 6.08 Å². The van der Waals surface area contributed by atoms with Crippen LogP contribution >= 0.6 is 25.5 Å². The first-order valence-electron chi connectivity index (χ1n) is 11.0. The summed E-state index contributed by atoms with van der Waals surface area (Å²) >= 11 is 1.82. The minimum absolute atomic E-state index is 0.409. The molecule has 0 fully saturated rings. The molecule has 0 N–H and O–H groups in total. The Labute approximate surface area is 221 Å². The first-order valence-corrected chi connectivity index (χ1v) is 16.3. The fraction of sp³-hybridized carbons (Fsp3) is 0.0667. The third kappa shape index (κ3) is 8.41. The first-order chi connectivity index (χ1) is 16.9. The minimum atomic E-state index is -0.409. The fourth-order valence-corrected chi connectivity index (χ4v) is 10.0. The summed E-state index contributed by atoms with van der Waals surface area (Å²) in [5.74, 6) is 1.17. The molecule has 1 aliphatic rings. The number of allylic oxidation sites excluding steroid dienone is 4. The zero-order valence-corrected chi connectivity index (χ0v) is 23.1. The summed E-state index contributed by atoms with van der Waals surface area (Å²) in [5.41, 5.74) is 0. The molecule has 0 heterocycles. The molecule has 0 aliphatic heterocycles. The number of hydrogen-bond donors (Lipinski definition) is 0. The summed E-state index contributed by atoms with van der Waals surface area (Å²) in [6.45, 7) is 0. The van der Waals surface area contributed by atoms with Crippen LogP contribution in [0.4, 0.5) is 0 Å². The average Bonchev–Trinajstić information content (AvgIpc) is 3.53. The number of rotatable bonds is 6. The molecule has 4 aromatic rings. The first kappa shape index (κ1) is 26.7. The predicted molar refractivity (Wildman–Crippen MR) is 150 cm³/mol. The van der Waals surface area contributed by atoms with Crippen molar-refractivity contribution in [2.75, 3.05) is 5.90 Å². The van der Waals surface area contributed by atoms with E-state index in [9.17, 15) is 0 Å². The predicted octanol–water partition coefficient (Wildman–Crippen LogP) is 7.20. The Kier molecular flexibility index (Phi) is 12.5. The van der Waals surface area contributed by atoms with Crippen LogP contribution in [0.25, 0.3) is 0 Å². The van der Waals surface area contributed by atoms with E-state index in [1.807, 2.05) is 29.5 Å². The van der Waals surface area contributed by atoms with E-state index in [-0.39, 0.29) is 0 Å². The van der Waals surface area contributed by atoms with E-state index in [1.54, 1.807) is 0 Å². The topological polar surface area (TPSA) is 0 Å². The van der Waals surface area contributed by atoms with Crippen molar-refractivity contribution in [3.63, 3.8) is 0 Å². The van der Waals surface area contributed by atoms with E-state index in [4.69, 9.17) is 0 Å². The van der Waals surface area contributed by atoms with Gasteiger partial charge in [-0.2, -0.15) is 6.08 Å². The number of halogens is 1. The second-order valence-electron chi connectivity index (χ2n) is 7.34. The van der Waals surface area contributed by atoms with Gasteiger partial charge < -0.3 is 0 Å². The van der Waals surface area contributed by atoms with Crippen LogP contribution in [0.15, 0.2) is 140 Å². The molecule has 1 aliphatic carbocycles. The number of benzene rings is 4. The molecule has 0 saturated heterocycles. The summed E-state index contributed by atoms with van der Waals surface area (Å²) in [6, 6.07) is 44.1. The maximum absolute atomic E-state index is 4.57. The van der Waals surface area contributed by atoms with Crippen LogP contribution in [0.3, 0.4) is 0 Å². The third-order valence-corrected chi connectivity index (χ3v) is 11.1. The standard InChI is InChI=1S/C25H22P2.C5H5.ClH.Ru/c1-5-13-22(14-6-1)26(23-15-7-2-8-16-23)21-27(24-17-9-3-10-18-24)25-19-11-4-12-20-25;1-2-4-5-3-1;;/h1-20H,21H2;1-3H,4H2;1H;/q;-1;;+2/p-1. The van der Waals surface area contributed by atoms with Gasteiger partial charge in [0.1, 0.15) is 0 Å². The van der Waals surface area contributed by atoms with Gasteiger partial charge in [-0.1, -0.05) is 121 Å². The molecule has 4 aromatic carbocycles. The molecular formula is C30H27ClP2Ru. The van der Waals surface area contributed by atoms with Crippen molar-refractivity contribution in [3.8, 4) is 0 Å². The largest absolute Gasteiger partial charge is 0.0622 e. The van der Waals surface area contributed by atoms with Gasteiger partial charge in [0, 0.05) is 5.90 Å². The molecule has 0 amide bonds. The van der Waals surface area contributed by atoms with Gasteiger partial charge in [0.2, 0.25) is 0 Å². The Morgan fingerprint density at radius 2 is 0.882 bits per heavy atom. The molecule has 4 heteroatoms. The van der Waals surface area contributed by atoms with Gasteiger partial charge in [0.15, 0.2) is 0 Å². The number of hydrogen-bond acceptors (Lipinski definition) is 0. The zero-order valence-electron chi connectivity index (χ0n) is 18.8. The summed E-state index contributed by atoms with van der Waals surface area (Å²) in [7, 11) is 3.75. The molecule has 0 aromatic heterocycles. The van der Waals surface area contributed by atoms with Gasteiger partial charge in [0.25, 0.3) is 0 Å². The molecule has 0 atom stereocenters. The second-order valence-corrected chi connectivity index (χ2v) is 12.3. The van der Waals surface area contributed by atoms with Crippen molar-refractivity contribution in [1.82, 2.24) is 0 Å². The van der Waals surface area contributed by atoms with Crippen LogP contribution < -0.4 is 21.2 Å². The minimum Gasteiger partial charge on any atom is -0.0622 e. The van der Waals surface area contributed by atoms with Crippen molar-refractivity contribution < 1.29 is 17.3 Å². The fourth-order valence-electron chi connectivity index (χ4n) is 3.54. The van der Waals surface area contributed by atoms with Crippen molar-refractivity contribution in [1.29, 1.82) is 0 Å². The van der Waals surface area contributed by atoms with Crippen molar-refractivity contribution in [2.45, 2.75) is 6.42 Å². The van der Waals surface area contributed by atoms with Crippen LogP contribution in [0, 0.1) is 6.08 Å². The SMILES string of the molecule is [C-]1=CC=CC1.[Cl][Ru+].c1ccc(P(CP(c2ccccc2)c2ccccc2)c2ccccc2)cc1. The van der Waals surface area contributed by atoms with Gasteiger partial charge in [0.05, 0.1) is 0 Å². The normalized spacial score (nSPS) is 11.5.